The van der Waals surface area contributed by atoms with Crippen molar-refractivity contribution in [3.8, 4) is 17.2 Å². The molecule has 0 saturated heterocycles. The van der Waals surface area contributed by atoms with Gasteiger partial charge in [-0.2, -0.15) is 22.0 Å². The van der Waals surface area contributed by atoms with Crippen molar-refractivity contribution in [3.05, 3.63) is 53.6 Å². The highest BCUT2D eigenvalue weighted by atomic mass is 32.2. The molecule has 1 heterocycles. The fourth-order valence-corrected chi connectivity index (χ4v) is 6.57. The highest BCUT2D eigenvalue weighted by Gasteiger charge is 2.56. The number of alkyl halides is 5. The molecule has 5 nitrogen and oxygen atoms in total. The van der Waals surface area contributed by atoms with E-state index in [9.17, 15) is 36.4 Å². The predicted molar refractivity (Wildman–Crippen MR) is 153 cm³/mol. The van der Waals surface area contributed by atoms with Gasteiger partial charge in [-0.25, -0.2) is 0 Å². The highest BCUT2D eigenvalue weighted by Crippen LogP contribution is 2.49. The van der Waals surface area contributed by atoms with Gasteiger partial charge in [0, 0.05) is 52.7 Å². The number of rotatable bonds is 15. The molecule has 0 fully saturated rings. The number of fused-ring (bicyclic) bond motifs is 1. The van der Waals surface area contributed by atoms with Gasteiger partial charge in [-0.1, -0.05) is 31.5 Å². The van der Waals surface area contributed by atoms with Crippen LogP contribution in [0.5, 0.6) is 17.2 Å². The lowest BCUT2D eigenvalue weighted by Gasteiger charge is -2.43. The first-order valence-corrected chi connectivity index (χ1v) is 15.7. The second kappa shape index (κ2) is 13.9. The minimum absolute atomic E-state index is 0.102. The molecule has 3 unspecified atom stereocenters. The molecule has 3 rings (SSSR count). The summed E-state index contributed by atoms with van der Waals surface area (Å²) in [4.78, 5) is 0. The molecular weight excluding hydrogens is 579 g/mol. The van der Waals surface area contributed by atoms with E-state index in [0.29, 0.717) is 31.8 Å². The number of aromatic hydroxyl groups is 2. The maximum absolute atomic E-state index is 13.0. The van der Waals surface area contributed by atoms with Crippen molar-refractivity contribution in [2.24, 2.45) is 0 Å². The summed E-state index contributed by atoms with van der Waals surface area (Å²) in [5.41, 5.74) is 1.21. The molecule has 236 valence electrons. The molecule has 1 aliphatic heterocycles. The highest BCUT2D eigenvalue weighted by molar-refractivity contribution is 7.84. The third-order valence-electron chi connectivity index (χ3n) is 8.00. The van der Waals surface area contributed by atoms with Crippen LogP contribution in [0.2, 0.25) is 0 Å². The molecule has 2 N–H and O–H groups in total. The van der Waals surface area contributed by atoms with Gasteiger partial charge in [0.1, 0.15) is 17.2 Å². The topological polar surface area (TPSA) is 76.0 Å². The predicted octanol–water partition coefficient (Wildman–Crippen LogP) is 8.00. The summed E-state index contributed by atoms with van der Waals surface area (Å²) in [6, 6.07) is 12.4. The Balaban J connectivity index is 1.46. The summed E-state index contributed by atoms with van der Waals surface area (Å²) < 4.78 is 87.1. The molecule has 0 amide bonds. The van der Waals surface area contributed by atoms with E-state index < -0.39 is 41.3 Å². The van der Waals surface area contributed by atoms with E-state index in [1.54, 1.807) is 24.3 Å². The number of phenolic OH excluding ortho intramolecular Hbond substituents is 2. The van der Waals surface area contributed by atoms with Crippen LogP contribution in [0.1, 0.15) is 82.8 Å². The lowest BCUT2D eigenvalue weighted by atomic mass is 9.66. The summed E-state index contributed by atoms with van der Waals surface area (Å²) in [5.74, 6) is -3.62. The van der Waals surface area contributed by atoms with Crippen LogP contribution in [0.3, 0.4) is 0 Å². The zero-order valence-electron chi connectivity index (χ0n) is 24.3. The van der Waals surface area contributed by atoms with Crippen LogP contribution in [0.4, 0.5) is 22.0 Å². The maximum Gasteiger partial charge on any atom is 0.453 e. The van der Waals surface area contributed by atoms with E-state index in [0.717, 1.165) is 30.4 Å². The zero-order valence-corrected chi connectivity index (χ0v) is 25.1. The second-order valence-corrected chi connectivity index (χ2v) is 13.6. The van der Waals surface area contributed by atoms with Crippen LogP contribution < -0.4 is 4.74 Å². The van der Waals surface area contributed by atoms with Crippen molar-refractivity contribution in [3.63, 3.8) is 0 Å². The number of hydrogen-bond donors (Lipinski definition) is 2. The lowest BCUT2D eigenvalue weighted by Crippen LogP contribution is -2.40. The first kappa shape index (κ1) is 34.1. The smallest absolute Gasteiger partial charge is 0.453 e. The molecule has 1 aliphatic rings. The SMILES string of the molecule is CC(C)(CCCS(=O)CCCC(F)(F)C(F)(F)F)OCCCCC1c2ccc(O)cc2OCC1(C)c1ccc(O)cc1. The molecule has 3 atom stereocenters. The minimum atomic E-state index is -5.58. The number of ether oxygens (including phenoxy) is 2. The van der Waals surface area contributed by atoms with Crippen molar-refractivity contribution >= 4 is 10.8 Å². The van der Waals surface area contributed by atoms with Gasteiger partial charge < -0.3 is 19.7 Å². The monoisotopic (exact) mass is 620 g/mol. The normalized spacial score (nSPS) is 20.1. The Labute approximate surface area is 246 Å². The lowest BCUT2D eigenvalue weighted by molar-refractivity contribution is -0.284. The van der Waals surface area contributed by atoms with Gasteiger partial charge >= 0.3 is 12.1 Å². The number of hydrogen-bond acceptors (Lipinski definition) is 5. The van der Waals surface area contributed by atoms with Crippen molar-refractivity contribution in [1.82, 2.24) is 0 Å². The van der Waals surface area contributed by atoms with Crippen LogP contribution in [-0.2, 0) is 21.0 Å². The van der Waals surface area contributed by atoms with E-state index >= 15 is 0 Å². The Kier molecular flexibility index (Phi) is 11.3. The number of phenols is 2. The summed E-state index contributed by atoms with van der Waals surface area (Å²) in [5, 5.41) is 19.7. The number of halogens is 5. The van der Waals surface area contributed by atoms with Gasteiger partial charge in [-0.05, 0) is 75.3 Å². The van der Waals surface area contributed by atoms with Crippen LogP contribution in [0, 0.1) is 0 Å². The van der Waals surface area contributed by atoms with Crippen molar-refractivity contribution in [1.29, 1.82) is 0 Å². The largest absolute Gasteiger partial charge is 0.508 e. The van der Waals surface area contributed by atoms with Gasteiger partial charge in [0.25, 0.3) is 0 Å². The van der Waals surface area contributed by atoms with E-state index in [2.05, 4.69) is 6.92 Å². The fraction of sp³-hybridized carbons (Fsp3) is 0.613. The fourth-order valence-electron chi connectivity index (χ4n) is 5.44. The van der Waals surface area contributed by atoms with Gasteiger partial charge in [0.15, 0.2) is 0 Å². The molecule has 0 aromatic heterocycles. The molecule has 0 aliphatic carbocycles. The molecule has 2 aromatic rings. The summed E-state index contributed by atoms with van der Waals surface area (Å²) in [7, 11) is -1.47. The van der Waals surface area contributed by atoms with Crippen LogP contribution in [-0.4, -0.2) is 56.8 Å². The molecular formula is C31H41F5O5S. The Morgan fingerprint density at radius 1 is 0.929 bits per heavy atom. The Morgan fingerprint density at radius 3 is 2.19 bits per heavy atom. The molecule has 0 radical (unpaired) electrons. The average molecular weight is 621 g/mol. The van der Waals surface area contributed by atoms with E-state index in [4.69, 9.17) is 9.47 Å². The minimum Gasteiger partial charge on any atom is -0.508 e. The van der Waals surface area contributed by atoms with Gasteiger partial charge in [0.05, 0.1) is 12.2 Å². The number of benzene rings is 2. The van der Waals surface area contributed by atoms with Crippen LogP contribution in [0.25, 0.3) is 0 Å². The molecule has 2 aromatic carbocycles. The number of unbranched alkanes of at least 4 members (excludes halogenated alkanes) is 1. The van der Waals surface area contributed by atoms with Crippen LogP contribution in [0.15, 0.2) is 42.5 Å². The van der Waals surface area contributed by atoms with Gasteiger partial charge in [-0.15, -0.1) is 0 Å². The Morgan fingerprint density at radius 2 is 1.55 bits per heavy atom. The van der Waals surface area contributed by atoms with Crippen molar-refractivity contribution in [2.75, 3.05) is 24.7 Å². The van der Waals surface area contributed by atoms with E-state index in [-0.39, 0.29) is 34.3 Å². The molecule has 42 heavy (non-hydrogen) atoms. The Hall–Kier alpha value is -2.40. The van der Waals surface area contributed by atoms with Crippen molar-refractivity contribution < 1.29 is 45.8 Å². The van der Waals surface area contributed by atoms with Crippen LogP contribution >= 0.6 is 0 Å². The summed E-state index contributed by atoms with van der Waals surface area (Å²) in [6.45, 7) is 6.91. The van der Waals surface area contributed by atoms with Gasteiger partial charge in [0.2, 0.25) is 0 Å². The first-order valence-electron chi connectivity index (χ1n) is 14.2. The summed E-state index contributed by atoms with van der Waals surface area (Å²) >= 11 is 0. The zero-order chi connectivity index (χ0) is 31.2. The molecule has 0 bridgehead atoms. The standard InChI is InChI=1S/C31H41F5O5S/c1-28(2,15-6-18-42(39)19-7-16-30(32,33)31(34,35)36)41-17-5-4-8-26-25-14-13-24(38)20-27(25)40-21-29(26,3)22-9-11-23(37)12-10-22/h9-14,20,26,37-38H,4-8,15-19,21H2,1-3H3. The third kappa shape index (κ3) is 9.05. The third-order valence-corrected chi connectivity index (χ3v) is 9.49. The maximum atomic E-state index is 13.0. The summed E-state index contributed by atoms with van der Waals surface area (Å²) in [6.07, 6.45) is -3.81. The quantitative estimate of drug-likeness (QED) is 0.156. The van der Waals surface area contributed by atoms with Crippen molar-refractivity contribution in [2.45, 2.75) is 94.7 Å². The second-order valence-electron chi connectivity index (χ2n) is 11.9. The average Bonchev–Trinajstić information content (AvgIpc) is 2.89. The van der Waals surface area contributed by atoms with E-state index in [1.807, 2.05) is 32.0 Å². The van der Waals surface area contributed by atoms with E-state index in [1.165, 1.54) is 0 Å². The first-order chi connectivity index (χ1) is 19.5. The molecule has 0 spiro atoms. The molecule has 0 saturated carbocycles. The molecule has 11 heteroatoms. The Bertz CT molecular complexity index is 1190. The van der Waals surface area contributed by atoms with Gasteiger partial charge in [-0.3, -0.25) is 4.21 Å².